The Kier molecular flexibility index (Phi) is 4.99. The van der Waals surface area contributed by atoms with E-state index in [4.69, 9.17) is 0 Å². The molecule has 0 spiro atoms. The highest BCUT2D eigenvalue weighted by Gasteiger charge is 2.34. The smallest absolute Gasteiger partial charge is 0.155 e. The Hall–Kier alpha value is -1.69. The van der Waals surface area contributed by atoms with Crippen LogP contribution in [0.4, 0.5) is 0 Å². The van der Waals surface area contributed by atoms with Gasteiger partial charge >= 0.3 is 0 Å². The Morgan fingerprint density at radius 1 is 0.852 bits per heavy atom. The number of aromatic nitrogens is 5. The Labute approximate surface area is 162 Å². The highest BCUT2D eigenvalue weighted by molar-refractivity contribution is 5.09. The lowest BCUT2D eigenvalue weighted by Gasteiger charge is -2.37. The summed E-state index contributed by atoms with van der Waals surface area (Å²) in [4.78, 5) is 2.78. The molecule has 0 aromatic carbocycles. The number of likely N-dealkylation sites (tertiary alicyclic amines) is 1. The lowest BCUT2D eigenvalue weighted by molar-refractivity contribution is 0.136. The molecule has 146 valence electrons. The number of piperidine rings is 1. The number of hydrogen-bond acceptors (Lipinski definition) is 4. The zero-order chi connectivity index (χ0) is 18.1. The highest BCUT2D eigenvalue weighted by Crippen LogP contribution is 2.40. The van der Waals surface area contributed by atoms with E-state index in [-0.39, 0.29) is 0 Å². The summed E-state index contributed by atoms with van der Waals surface area (Å²) in [6.07, 6.45) is 17.4. The molecular weight excluding hydrogens is 336 g/mol. The summed E-state index contributed by atoms with van der Waals surface area (Å²) in [7, 11) is 0. The summed E-state index contributed by atoms with van der Waals surface area (Å²) < 4.78 is 4.43. The first-order chi connectivity index (χ1) is 13.4. The van der Waals surface area contributed by atoms with Crippen molar-refractivity contribution in [1.82, 2.24) is 29.4 Å². The van der Waals surface area contributed by atoms with Crippen molar-refractivity contribution in [2.75, 3.05) is 13.1 Å². The Bertz CT molecular complexity index is 716. The van der Waals surface area contributed by atoms with Gasteiger partial charge in [-0.2, -0.15) is 5.10 Å². The molecule has 0 bridgehead atoms. The van der Waals surface area contributed by atoms with E-state index in [1.807, 2.05) is 23.1 Å². The van der Waals surface area contributed by atoms with Gasteiger partial charge in [-0.05, 0) is 57.7 Å². The molecule has 2 aromatic heterocycles. The minimum Gasteiger partial charge on any atom is -0.310 e. The van der Waals surface area contributed by atoms with Crippen LogP contribution in [-0.4, -0.2) is 48.6 Å². The molecule has 2 saturated carbocycles. The summed E-state index contributed by atoms with van der Waals surface area (Å²) in [5.41, 5.74) is 0. The van der Waals surface area contributed by atoms with Gasteiger partial charge in [-0.3, -0.25) is 4.68 Å². The van der Waals surface area contributed by atoms with Gasteiger partial charge in [-0.1, -0.05) is 25.7 Å². The van der Waals surface area contributed by atoms with Gasteiger partial charge in [0.25, 0.3) is 0 Å². The summed E-state index contributed by atoms with van der Waals surface area (Å²) in [6, 6.07) is 3.44. The zero-order valence-corrected chi connectivity index (χ0v) is 16.3. The first-order valence-electron chi connectivity index (χ1n) is 11.0. The molecule has 0 amide bonds. The molecule has 2 aromatic rings. The maximum Gasteiger partial charge on any atom is 0.155 e. The summed E-state index contributed by atoms with van der Waals surface area (Å²) in [6.45, 7) is 3.21. The molecule has 3 heterocycles. The second-order valence-electron chi connectivity index (χ2n) is 8.73. The van der Waals surface area contributed by atoms with E-state index in [1.165, 1.54) is 83.1 Å². The van der Waals surface area contributed by atoms with Gasteiger partial charge in [0.05, 0.1) is 0 Å². The van der Waals surface area contributed by atoms with Crippen molar-refractivity contribution in [2.45, 2.75) is 88.8 Å². The Balaban J connectivity index is 1.27. The number of hydrogen-bond donors (Lipinski definition) is 0. The average molecular weight is 369 g/mol. The molecule has 0 N–H and O–H groups in total. The Morgan fingerprint density at radius 3 is 2.30 bits per heavy atom. The minimum atomic E-state index is 0.575. The molecule has 27 heavy (non-hydrogen) atoms. The van der Waals surface area contributed by atoms with E-state index in [2.05, 4.69) is 24.8 Å². The quantitative estimate of drug-likeness (QED) is 0.754. The molecule has 3 aliphatic rings. The fourth-order valence-electron chi connectivity index (χ4n) is 5.14. The average Bonchev–Trinajstić information content (AvgIpc) is 3.36. The molecule has 3 fully saturated rings. The third-order valence-corrected chi connectivity index (χ3v) is 6.80. The third-order valence-electron chi connectivity index (χ3n) is 6.80. The van der Waals surface area contributed by atoms with Crippen LogP contribution in [0.3, 0.4) is 0 Å². The second-order valence-corrected chi connectivity index (χ2v) is 8.73. The van der Waals surface area contributed by atoms with Gasteiger partial charge in [-0.25, -0.2) is 0 Å². The number of rotatable bonds is 5. The predicted octanol–water partition coefficient (Wildman–Crippen LogP) is 3.76. The van der Waals surface area contributed by atoms with Gasteiger partial charge in [0.15, 0.2) is 5.82 Å². The minimum absolute atomic E-state index is 0.575. The summed E-state index contributed by atoms with van der Waals surface area (Å²) in [5.74, 6) is 2.91. The largest absolute Gasteiger partial charge is 0.310 e. The monoisotopic (exact) mass is 368 g/mol. The normalized spacial score (nSPS) is 23.6. The van der Waals surface area contributed by atoms with E-state index in [1.54, 1.807) is 0 Å². The van der Waals surface area contributed by atoms with Crippen LogP contribution in [-0.2, 0) is 6.54 Å². The van der Waals surface area contributed by atoms with Gasteiger partial charge < -0.3 is 9.47 Å². The first-order valence-corrected chi connectivity index (χ1v) is 11.0. The van der Waals surface area contributed by atoms with Crippen molar-refractivity contribution in [3.63, 3.8) is 0 Å². The van der Waals surface area contributed by atoms with E-state index >= 15 is 0 Å². The summed E-state index contributed by atoms with van der Waals surface area (Å²) in [5, 5.41) is 13.6. The molecule has 0 unspecified atom stereocenters. The van der Waals surface area contributed by atoms with Crippen molar-refractivity contribution in [2.24, 2.45) is 0 Å². The van der Waals surface area contributed by atoms with E-state index in [0.29, 0.717) is 12.0 Å². The lowest BCUT2D eigenvalue weighted by atomic mass is 9.93. The first kappa shape index (κ1) is 17.4. The molecular formula is C21H32N6. The van der Waals surface area contributed by atoms with Crippen LogP contribution >= 0.6 is 0 Å². The molecule has 0 radical (unpaired) electrons. The van der Waals surface area contributed by atoms with Crippen molar-refractivity contribution in [3.05, 3.63) is 30.1 Å². The van der Waals surface area contributed by atoms with Gasteiger partial charge in [0.1, 0.15) is 12.4 Å². The maximum atomic E-state index is 4.69. The topological polar surface area (TPSA) is 51.8 Å². The Morgan fingerprint density at radius 2 is 1.63 bits per heavy atom. The number of nitrogens with zero attached hydrogens (tertiary/aromatic N) is 6. The fourth-order valence-corrected chi connectivity index (χ4v) is 5.14. The lowest BCUT2D eigenvalue weighted by Crippen LogP contribution is -2.41. The third kappa shape index (κ3) is 3.82. The molecule has 1 saturated heterocycles. The van der Waals surface area contributed by atoms with Crippen LogP contribution in [0.25, 0.3) is 0 Å². The van der Waals surface area contributed by atoms with Gasteiger partial charge in [0, 0.05) is 30.4 Å². The molecule has 6 nitrogen and oxygen atoms in total. The SMILES string of the molecule is c1cnn(Cc2nnc(C3CCN(C4CCCCCC4)CC3)n2C2CC2)c1. The van der Waals surface area contributed by atoms with E-state index in [9.17, 15) is 0 Å². The van der Waals surface area contributed by atoms with E-state index < -0.39 is 0 Å². The standard InChI is InChI=1S/C21H32N6/c1-2-4-7-18(6-3-1)25-14-10-17(11-15-25)21-24-23-20(27(21)19-8-9-19)16-26-13-5-12-22-26/h5,12-13,17-19H,1-4,6-11,14-16H2. The molecule has 2 aliphatic carbocycles. The van der Waals surface area contributed by atoms with Crippen molar-refractivity contribution in [3.8, 4) is 0 Å². The molecule has 1 aliphatic heterocycles. The van der Waals surface area contributed by atoms with Crippen LogP contribution in [0, 0.1) is 0 Å². The highest BCUT2D eigenvalue weighted by atomic mass is 15.3. The second kappa shape index (κ2) is 7.74. The van der Waals surface area contributed by atoms with Crippen LogP contribution in [0.15, 0.2) is 18.5 Å². The van der Waals surface area contributed by atoms with Gasteiger partial charge in [-0.15, -0.1) is 10.2 Å². The van der Waals surface area contributed by atoms with Crippen molar-refractivity contribution < 1.29 is 0 Å². The molecule has 5 rings (SSSR count). The molecule has 6 heteroatoms. The van der Waals surface area contributed by atoms with Gasteiger partial charge in [0.2, 0.25) is 0 Å². The van der Waals surface area contributed by atoms with Crippen molar-refractivity contribution in [1.29, 1.82) is 0 Å². The maximum absolute atomic E-state index is 4.69. The fraction of sp³-hybridized carbons (Fsp3) is 0.762. The van der Waals surface area contributed by atoms with Crippen LogP contribution < -0.4 is 0 Å². The summed E-state index contributed by atoms with van der Waals surface area (Å²) >= 11 is 0. The van der Waals surface area contributed by atoms with Crippen molar-refractivity contribution >= 4 is 0 Å². The predicted molar refractivity (Wildman–Crippen MR) is 105 cm³/mol. The van der Waals surface area contributed by atoms with Crippen LogP contribution in [0.2, 0.25) is 0 Å². The van der Waals surface area contributed by atoms with Crippen LogP contribution in [0.5, 0.6) is 0 Å². The zero-order valence-electron chi connectivity index (χ0n) is 16.3. The molecule has 0 atom stereocenters. The van der Waals surface area contributed by atoms with Crippen LogP contribution in [0.1, 0.15) is 87.8 Å². The van der Waals surface area contributed by atoms with E-state index in [0.717, 1.165) is 18.4 Å².